The number of carboxylic acids is 1. The predicted molar refractivity (Wildman–Crippen MR) is 66.5 cm³/mol. The Morgan fingerprint density at radius 1 is 1.50 bits per heavy atom. The van der Waals surface area contributed by atoms with Crippen molar-refractivity contribution in [3.8, 4) is 0 Å². The smallest absolute Gasteiger partial charge is 0.329 e. The molecule has 0 radical (unpaired) electrons. The van der Waals surface area contributed by atoms with Crippen LogP contribution in [0.25, 0.3) is 0 Å². The summed E-state index contributed by atoms with van der Waals surface area (Å²) in [5.74, 6) is -0.947. The summed E-state index contributed by atoms with van der Waals surface area (Å²) in [7, 11) is 1.57. The van der Waals surface area contributed by atoms with Gasteiger partial charge in [-0.3, -0.25) is 0 Å². The van der Waals surface area contributed by atoms with Crippen LogP contribution in [0, 0.1) is 0 Å². The van der Waals surface area contributed by atoms with Gasteiger partial charge in [-0.25, -0.2) is 9.59 Å². The molecule has 0 aromatic carbocycles. The molecular formula is C12H22N2O4. The third-order valence-electron chi connectivity index (χ3n) is 3.54. The maximum absolute atomic E-state index is 12.0. The number of likely N-dealkylation sites (tertiary alicyclic amines) is 1. The lowest BCUT2D eigenvalue weighted by atomic mass is 9.89. The highest BCUT2D eigenvalue weighted by molar-refractivity contribution is 5.86. The summed E-state index contributed by atoms with van der Waals surface area (Å²) in [6.45, 7) is 4.30. The Morgan fingerprint density at radius 3 is 2.72 bits per heavy atom. The zero-order chi connectivity index (χ0) is 13.8. The molecule has 2 amide bonds. The topological polar surface area (TPSA) is 78.9 Å². The Bertz CT molecular complexity index is 321. The Labute approximate surface area is 107 Å². The van der Waals surface area contributed by atoms with Gasteiger partial charge in [-0.1, -0.05) is 0 Å². The van der Waals surface area contributed by atoms with Crippen LogP contribution in [0.4, 0.5) is 4.79 Å². The van der Waals surface area contributed by atoms with E-state index < -0.39 is 11.5 Å². The number of hydrogen-bond acceptors (Lipinski definition) is 3. The quantitative estimate of drug-likeness (QED) is 0.790. The number of hydrogen-bond donors (Lipinski definition) is 2. The van der Waals surface area contributed by atoms with Gasteiger partial charge < -0.3 is 20.1 Å². The van der Waals surface area contributed by atoms with Gasteiger partial charge in [0.15, 0.2) is 0 Å². The molecule has 1 rings (SSSR count). The second-order valence-corrected chi connectivity index (χ2v) is 4.92. The van der Waals surface area contributed by atoms with Crippen LogP contribution in [0.2, 0.25) is 0 Å². The molecule has 0 spiro atoms. The summed E-state index contributed by atoms with van der Waals surface area (Å²) >= 11 is 0. The maximum Gasteiger partial charge on any atom is 0.329 e. The van der Waals surface area contributed by atoms with Gasteiger partial charge in [0.2, 0.25) is 0 Å². The monoisotopic (exact) mass is 258 g/mol. The molecule has 1 aliphatic rings. The number of urea groups is 1. The minimum Gasteiger partial charge on any atom is -0.480 e. The third-order valence-corrected chi connectivity index (χ3v) is 3.54. The van der Waals surface area contributed by atoms with Crippen LogP contribution in [0.3, 0.4) is 0 Å². The van der Waals surface area contributed by atoms with E-state index >= 15 is 0 Å². The van der Waals surface area contributed by atoms with E-state index in [1.165, 1.54) is 4.90 Å². The van der Waals surface area contributed by atoms with Gasteiger partial charge in [0.1, 0.15) is 5.54 Å². The number of carbonyl (C=O) groups excluding carboxylic acids is 1. The number of piperidine rings is 1. The molecule has 0 aliphatic carbocycles. The van der Waals surface area contributed by atoms with Crippen molar-refractivity contribution in [1.82, 2.24) is 10.2 Å². The van der Waals surface area contributed by atoms with Crippen LogP contribution < -0.4 is 5.32 Å². The molecule has 1 heterocycles. The highest BCUT2D eigenvalue weighted by Crippen LogP contribution is 2.28. The lowest BCUT2D eigenvalue weighted by molar-refractivity contribution is -0.150. The number of aliphatic carboxylic acids is 1. The number of amides is 2. The van der Waals surface area contributed by atoms with Gasteiger partial charge in [0.25, 0.3) is 0 Å². The molecule has 0 saturated carbocycles. The molecule has 18 heavy (non-hydrogen) atoms. The summed E-state index contributed by atoms with van der Waals surface area (Å²) in [5, 5.41) is 12.0. The van der Waals surface area contributed by atoms with Gasteiger partial charge >= 0.3 is 12.0 Å². The number of carboxylic acid groups (broad SMARTS) is 1. The van der Waals surface area contributed by atoms with Crippen molar-refractivity contribution in [3.05, 3.63) is 0 Å². The SMILES string of the molecule is COC(C)CNC(=O)N1CCCCC1(C)C(=O)O. The molecule has 0 aromatic heterocycles. The molecular weight excluding hydrogens is 236 g/mol. The van der Waals surface area contributed by atoms with E-state index in [0.717, 1.165) is 12.8 Å². The van der Waals surface area contributed by atoms with Crippen LogP contribution in [0.15, 0.2) is 0 Å². The summed E-state index contributed by atoms with van der Waals surface area (Å²) in [4.78, 5) is 24.8. The van der Waals surface area contributed by atoms with Crippen molar-refractivity contribution in [1.29, 1.82) is 0 Å². The number of nitrogens with one attached hydrogen (secondary N) is 1. The van der Waals surface area contributed by atoms with Crippen molar-refractivity contribution >= 4 is 12.0 Å². The standard InChI is InChI=1S/C12H22N2O4/c1-9(18-3)8-13-11(17)14-7-5-4-6-12(14,2)10(15)16/h9H,4-8H2,1-3H3,(H,13,17)(H,15,16). The van der Waals surface area contributed by atoms with Crippen LogP contribution >= 0.6 is 0 Å². The fourth-order valence-corrected chi connectivity index (χ4v) is 2.08. The minimum absolute atomic E-state index is 0.0881. The normalized spacial score (nSPS) is 25.6. The molecule has 0 bridgehead atoms. The summed E-state index contributed by atoms with van der Waals surface area (Å²) in [6.07, 6.45) is 2.09. The lowest BCUT2D eigenvalue weighted by Gasteiger charge is -2.41. The zero-order valence-electron chi connectivity index (χ0n) is 11.2. The third kappa shape index (κ3) is 3.13. The van der Waals surface area contributed by atoms with Crippen molar-refractivity contribution in [2.75, 3.05) is 20.2 Å². The van der Waals surface area contributed by atoms with Gasteiger partial charge in [-0.05, 0) is 33.1 Å². The zero-order valence-corrected chi connectivity index (χ0v) is 11.2. The molecule has 6 nitrogen and oxygen atoms in total. The maximum atomic E-state index is 12.0. The van der Waals surface area contributed by atoms with Crippen LogP contribution in [0.5, 0.6) is 0 Å². The molecule has 2 N–H and O–H groups in total. The molecule has 1 aliphatic heterocycles. The molecule has 6 heteroatoms. The van der Waals surface area contributed by atoms with Crippen LogP contribution in [-0.4, -0.2) is 53.8 Å². The van der Waals surface area contributed by atoms with Crippen molar-refractivity contribution in [2.24, 2.45) is 0 Å². The number of methoxy groups -OCH3 is 1. The number of nitrogens with zero attached hydrogens (tertiary/aromatic N) is 1. The molecule has 2 atom stereocenters. The molecule has 0 aromatic rings. The summed E-state index contributed by atoms with van der Waals surface area (Å²) in [6, 6.07) is -0.330. The van der Waals surface area contributed by atoms with Crippen molar-refractivity contribution in [2.45, 2.75) is 44.8 Å². The van der Waals surface area contributed by atoms with Crippen LogP contribution in [0.1, 0.15) is 33.1 Å². The van der Waals surface area contributed by atoms with E-state index in [4.69, 9.17) is 4.74 Å². The minimum atomic E-state index is -1.10. The van der Waals surface area contributed by atoms with E-state index in [0.29, 0.717) is 19.5 Å². The van der Waals surface area contributed by atoms with E-state index in [2.05, 4.69) is 5.32 Å². The highest BCUT2D eigenvalue weighted by Gasteiger charge is 2.43. The van der Waals surface area contributed by atoms with Gasteiger partial charge in [0.05, 0.1) is 6.10 Å². The first-order chi connectivity index (χ1) is 8.41. The number of rotatable bonds is 4. The van der Waals surface area contributed by atoms with E-state index in [9.17, 15) is 14.7 Å². The first kappa shape index (κ1) is 14.8. The second-order valence-electron chi connectivity index (χ2n) is 4.92. The molecule has 104 valence electrons. The molecule has 2 unspecified atom stereocenters. The first-order valence-electron chi connectivity index (χ1n) is 6.23. The van der Waals surface area contributed by atoms with Gasteiger partial charge in [0, 0.05) is 20.2 Å². The fraction of sp³-hybridized carbons (Fsp3) is 0.833. The molecule has 1 fully saturated rings. The molecule has 1 saturated heterocycles. The summed E-state index contributed by atoms with van der Waals surface area (Å²) in [5.41, 5.74) is -1.10. The Kier molecular flexibility index (Phi) is 4.95. The predicted octanol–water partition coefficient (Wildman–Crippen LogP) is 1.06. The summed E-state index contributed by atoms with van der Waals surface area (Å²) < 4.78 is 5.04. The second kappa shape index (κ2) is 6.04. The van der Waals surface area contributed by atoms with Gasteiger partial charge in [-0.2, -0.15) is 0 Å². The fourth-order valence-electron chi connectivity index (χ4n) is 2.08. The van der Waals surface area contributed by atoms with Crippen molar-refractivity contribution < 1.29 is 19.4 Å². The van der Waals surface area contributed by atoms with Crippen LogP contribution in [-0.2, 0) is 9.53 Å². The highest BCUT2D eigenvalue weighted by atomic mass is 16.5. The number of ether oxygens (including phenoxy) is 1. The van der Waals surface area contributed by atoms with Gasteiger partial charge in [-0.15, -0.1) is 0 Å². The average molecular weight is 258 g/mol. The van der Waals surface area contributed by atoms with E-state index in [1.807, 2.05) is 6.92 Å². The Hall–Kier alpha value is -1.30. The van der Waals surface area contributed by atoms with E-state index in [1.54, 1.807) is 14.0 Å². The van der Waals surface area contributed by atoms with E-state index in [-0.39, 0.29) is 12.1 Å². The average Bonchev–Trinajstić information content (AvgIpc) is 2.35. The Morgan fingerprint density at radius 2 is 2.17 bits per heavy atom. The lowest BCUT2D eigenvalue weighted by Crippen LogP contribution is -2.60. The first-order valence-corrected chi connectivity index (χ1v) is 6.23. The largest absolute Gasteiger partial charge is 0.480 e. The Balaban J connectivity index is 2.66. The van der Waals surface area contributed by atoms with Crippen molar-refractivity contribution in [3.63, 3.8) is 0 Å². The number of carbonyl (C=O) groups is 2.